The maximum absolute atomic E-state index is 3.29. The second-order valence-corrected chi connectivity index (χ2v) is 8.17. The molecule has 0 radical (unpaired) electrons. The van der Waals surface area contributed by atoms with Crippen molar-refractivity contribution in [2.24, 2.45) is 0 Å². The van der Waals surface area contributed by atoms with Crippen LogP contribution in [0.3, 0.4) is 0 Å². The molecule has 0 heteroatoms. The number of fused-ring (bicyclic) bond motifs is 3. The van der Waals surface area contributed by atoms with E-state index in [4.69, 9.17) is 0 Å². The van der Waals surface area contributed by atoms with Crippen molar-refractivity contribution in [3.8, 4) is 34.1 Å². The molecule has 0 nitrogen and oxygen atoms in total. The number of aryl methyl sites for hydroxylation is 1. The molecule has 3 aromatic carbocycles. The molecule has 1 unspecified atom stereocenters. The molecule has 0 fully saturated rings. The van der Waals surface area contributed by atoms with Gasteiger partial charge in [0.1, 0.15) is 0 Å². The molecule has 0 bridgehead atoms. The van der Waals surface area contributed by atoms with Crippen LogP contribution in [-0.4, -0.2) is 0 Å². The average molecular weight is 351 g/mol. The highest BCUT2D eigenvalue weighted by atomic mass is 14.4. The van der Waals surface area contributed by atoms with Crippen molar-refractivity contribution in [3.05, 3.63) is 82.9 Å². The zero-order chi connectivity index (χ0) is 19.2. The van der Waals surface area contributed by atoms with Gasteiger partial charge in [0.25, 0.3) is 0 Å². The van der Waals surface area contributed by atoms with Crippen LogP contribution in [0.4, 0.5) is 0 Å². The van der Waals surface area contributed by atoms with E-state index in [0.29, 0.717) is 0 Å². The summed E-state index contributed by atoms with van der Waals surface area (Å²) >= 11 is 0. The van der Waals surface area contributed by atoms with Gasteiger partial charge in [-0.15, -0.1) is 5.92 Å². The highest BCUT2D eigenvalue weighted by Gasteiger charge is 2.35. The van der Waals surface area contributed by atoms with E-state index in [0.717, 1.165) is 0 Å². The van der Waals surface area contributed by atoms with Gasteiger partial charge >= 0.3 is 0 Å². The summed E-state index contributed by atoms with van der Waals surface area (Å²) in [4.78, 5) is 0. The molecule has 3 aromatic rings. The van der Waals surface area contributed by atoms with Crippen LogP contribution in [0, 0.1) is 18.8 Å². The van der Waals surface area contributed by atoms with Gasteiger partial charge in [-0.2, -0.15) is 0 Å². The van der Waals surface area contributed by atoms with E-state index in [9.17, 15) is 0 Å². The SMILES string of the molecule is CC#CC(C)c1ccc2c(c1)C(C)(C)c1cc(-c3ccc(C)cc3)ccc1-2. The van der Waals surface area contributed by atoms with Gasteiger partial charge in [-0.1, -0.05) is 79.9 Å². The predicted octanol–water partition coefficient (Wildman–Crippen LogP) is 7.10. The molecular formula is C27H26. The van der Waals surface area contributed by atoms with E-state index in [2.05, 4.69) is 100 Å². The van der Waals surface area contributed by atoms with E-state index < -0.39 is 0 Å². The fourth-order valence-corrected chi connectivity index (χ4v) is 4.25. The Balaban J connectivity index is 1.82. The molecule has 4 rings (SSSR count). The lowest BCUT2D eigenvalue weighted by molar-refractivity contribution is 0.659. The smallest absolute Gasteiger partial charge is 0.0424 e. The van der Waals surface area contributed by atoms with E-state index in [-0.39, 0.29) is 11.3 Å². The summed E-state index contributed by atoms with van der Waals surface area (Å²) in [5.74, 6) is 6.60. The van der Waals surface area contributed by atoms with Crippen molar-refractivity contribution in [1.82, 2.24) is 0 Å². The third kappa shape index (κ3) is 2.88. The molecule has 1 atom stereocenters. The van der Waals surface area contributed by atoms with Crippen molar-refractivity contribution in [2.45, 2.75) is 46.0 Å². The summed E-state index contributed by atoms with van der Waals surface area (Å²) in [6.07, 6.45) is 0. The lowest BCUT2D eigenvalue weighted by Crippen LogP contribution is -2.15. The van der Waals surface area contributed by atoms with E-state index in [1.807, 2.05) is 6.92 Å². The van der Waals surface area contributed by atoms with Crippen LogP contribution in [0.15, 0.2) is 60.7 Å². The third-order valence-corrected chi connectivity index (χ3v) is 5.95. The maximum atomic E-state index is 3.29. The Morgan fingerprint density at radius 2 is 1.37 bits per heavy atom. The highest BCUT2D eigenvalue weighted by Crippen LogP contribution is 2.50. The van der Waals surface area contributed by atoms with Crippen molar-refractivity contribution < 1.29 is 0 Å². The summed E-state index contributed by atoms with van der Waals surface area (Å²) in [6, 6.07) is 22.6. The van der Waals surface area contributed by atoms with E-state index in [1.54, 1.807) is 0 Å². The molecule has 0 heterocycles. The predicted molar refractivity (Wildman–Crippen MR) is 116 cm³/mol. The summed E-state index contributed by atoms with van der Waals surface area (Å²) in [5.41, 5.74) is 10.7. The normalized spacial score (nSPS) is 14.7. The number of hydrogen-bond donors (Lipinski definition) is 0. The van der Waals surface area contributed by atoms with Crippen LogP contribution in [0.2, 0.25) is 0 Å². The first-order valence-electron chi connectivity index (χ1n) is 9.70. The number of rotatable bonds is 2. The van der Waals surface area contributed by atoms with Crippen molar-refractivity contribution in [1.29, 1.82) is 0 Å². The monoisotopic (exact) mass is 350 g/mol. The molecule has 0 amide bonds. The Morgan fingerprint density at radius 1 is 0.778 bits per heavy atom. The van der Waals surface area contributed by atoms with Crippen molar-refractivity contribution in [2.75, 3.05) is 0 Å². The third-order valence-electron chi connectivity index (χ3n) is 5.95. The second-order valence-electron chi connectivity index (χ2n) is 8.17. The first kappa shape index (κ1) is 17.6. The maximum Gasteiger partial charge on any atom is 0.0424 e. The van der Waals surface area contributed by atoms with Crippen LogP contribution in [0.25, 0.3) is 22.3 Å². The van der Waals surface area contributed by atoms with Crippen LogP contribution in [0.5, 0.6) is 0 Å². The summed E-state index contributed by atoms with van der Waals surface area (Å²) in [6.45, 7) is 10.9. The Bertz CT molecular complexity index is 1070. The molecule has 0 N–H and O–H groups in total. The van der Waals surface area contributed by atoms with Gasteiger partial charge in [0.2, 0.25) is 0 Å². The topological polar surface area (TPSA) is 0 Å². The molecule has 0 saturated heterocycles. The lowest BCUT2D eigenvalue weighted by Gasteiger charge is -2.23. The molecule has 0 aliphatic heterocycles. The van der Waals surface area contributed by atoms with Gasteiger partial charge in [-0.05, 0) is 65.8 Å². The van der Waals surface area contributed by atoms with Gasteiger partial charge in [-0.3, -0.25) is 0 Å². The minimum absolute atomic E-state index is 0.000741. The Kier molecular flexibility index (Phi) is 4.20. The first-order valence-corrected chi connectivity index (χ1v) is 9.70. The molecule has 27 heavy (non-hydrogen) atoms. The standard InChI is InChI=1S/C27H26/c1-6-7-19(3)21-12-14-23-24-15-13-22(20-10-8-18(2)9-11-20)17-26(24)27(4,5)25(23)16-21/h8-17,19H,1-5H3. The molecular weight excluding hydrogens is 324 g/mol. The Hall–Kier alpha value is -2.78. The molecule has 1 aliphatic rings. The zero-order valence-electron chi connectivity index (χ0n) is 16.9. The second kappa shape index (κ2) is 6.43. The summed E-state index contributed by atoms with van der Waals surface area (Å²) in [5, 5.41) is 0. The van der Waals surface area contributed by atoms with E-state index in [1.165, 1.54) is 44.5 Å². The van der Waals surface area contributed by atoms with Gasteiger partial charge in [0.15, 0.2) is 0 Å². The minimum Gasteiger partial charge on any atom is -0.106 e. The molecule has 1 aliphatic carbocycles. The number of hydrogen-bond acceptors (Lipinski definition) is 0. The van der Waals surface area contributed by atoms with Gasteiger partial charge in [-0.25, -0.2) is 0 Å². The molecule has 0 saturated carbocycles. The van der Waals surface area contributed by atoms with Crippen molar-refractivity contribution >= 4 is 0 Å². The highest BCUT2D eigenvalue weighted by molar-refractivity contribution is 5.83. The Morgan fingerprint density at radius 3 is 2.04 bits per heavy atom. The summed E-state index contributed by atoms with van der Waals surface area (Å²) in [7, 11) is 0. The fraction of sp³-hybridized carbons (Fsp3) is 0.259. The first-order chi connectivity index (χ1) is 12.9. The van der Waals surface area contributed by atoms with Crippen LogP contribution in [0.1, 0.15) is 55.9 Å². The van der Waals surface area contributed by atoms with Crippen LogP contribution in [-0.2, 0) is 5.41 Å². The molecule has 134 valence electrons. The van der Waals surface area contributed by atoms with Crippen molar-refractivity contribution in [3.63, 3.8) is 0 Å². The fourth-order valence-electron chi connectivity index (χ4n) is 4.25. The molecule has 0 aromatic heterocycles. The largest absolute Gasteiger partial charge is 0.106 e. The quantitative estimate of drug-likeness (QED) is 0.433. The van der Waals surface area contributed by atoms with Crippen LogP contribution < -0.4 is 0 Å². The zero-order valence-corrected chi connectivity index (χ0v) is 16.9. The van der Waals surface area contributed by atoms with Crippen LogP contribution >= 0.6 is 0 Å². The van der Waals surface area contributed by atoms with E-state index >= 15 is 0 Å². The van der Waals surface area contributed by atoms with Gasteiger partial charge < -0.3 is 0 Å². The minimum atomic E-state index is 0.000741. The average Bonchev–Trinajstić information content (AvgIpc) is 2.89. The van der Waals surface area contributed by atoms with Gasteiger partial charge in [0, 0.05) is 11.3 Å². The van der Waals surface area contributed by atoms with Gasteiger partial charge in [0.05, 0.1) is 0 Å². The summed E-state index contributed by atoms with van der Waals surface area (Å²) < 4.78 is 0. The number of benzene rings is 3. The lowest BCUT2D eigenvalue weighted by atomic mass is 9.80. The molecule has 0 spiro atoms. The Labute approximate surface area is 163 Å².